The predicted molar refractivity (Wildman–Crippen MR) is 68.1 cm³/mol. The average molecular weight is 263 g/mol. The van der Waals surface area contributed by atoms with Crippen molar-refractivity contribution in [1.29, 1.82) is 0 Å². The molecule has 0 radical (unpaired) electrons. The highest BCUT2D eigenvalue weighted by molar-refractivity contribution is 5.43. The fourth-order valence-electron chi connectivity index (χ4n) is 1.74. The number of hydrogen-bond donors (Lipinski definition) is 2. The third-order valence-corrected chi connectivity index (χ3v) is 2.77. The number of aromatic amines is 1. The number of non-ortho nitro benzene ring substituents is 1. The standard InChI is InChI=1S/C11H13N5O3/c1-2-9(12)10-13-14-11(17)15(10)7-4-3-5-8(6-7)16(18)19/h3-6,9H,2,12H2,1H3,(H,14,17). The molecule has 0 aliphatic heterocycles. The van der Waals surface area contributed by atoms with Crippen LogP contribution in [-0.4, -0.2) is 19.7 Å². The molecule has 0 saturated carbocycles. The van der Waals surface area contributed by atoms with Crippen molar-refractivity contribution in [3.05, 3.63) is 50.7 Å². The highest BCUT2D eigenvalue weighted by Gasteiger charge is 2.17. The normalized spacial score (nSPS) is 12.3. The number of nitrogens with one attached hydrogen (secondary N) is 1. The quantitative estimate of drug-likeness (QED) is 0.626. The first kappa shape index (κ1) is 13.0. The Labute approximate surface area is 108 Å². The van der Waals surface area contributed by atoms with Crippen LogP contribution < -0.4 is 11.4 Å². The Kier molecular flexibility index (Phi) is 3.43. The van der Waals surface area contributed by atoms with E-state index in [9.17, 15) is 14.9 Å². The maximum Gasteiger partial charge on any atom is 0.347 e. The van der Waals surface area contributed by atoms with Gasteiger partial charge >= 0.3 is 5.69 Å². The van der Waals surface area contributed by atoms with Gasteiger partial charge in [-0.1, -0.05) is 13.0 Å². The van der Waals surface area contributed by atoms with Crippen LogP contribution in [0.4, 0.5) is 5.69 Å². The lowest BCUT2D eigenvalue weighted by Gasteiger charge is -2.10. The zero-order chi connectivity index (χ0) is 14.0. The number of nitrogens with two attached hydrogens (primary N) is 1. The monoisotopic (exact) mass is 263 g/mol. The molecule has 2 aromatic rings. The van der Waals surface area contributed by atoms with Gasteiger partial charge < -0.3 is 5.73 Å². The van der Waals surface area contributed by atoms with Crippen molar-refractivity contribution >= 4 is 5.69 Å². The first-order valence-electron chi connectivity index (χ1n) is 5.72. The molecule has 8 heteroatoms. The van der Waals surface area contributed by atoms with E-state index in [4.69, 9.17) is 5.73 Å². The maximum absolute atomic E-state index is 11.8. The second-order valence-electron chi connectivity index (χ2n) is 4.01. The highest BCUT2D eigenvalue weighted by Crippen LogP contribution is 2.18. The highest BCUT2D eigenvalue weighted by atomic mass is 16.6. The van der Waals surface area contributed by atoms with Gasteiger partial charge in [-0.25, -0.2) is 14.5 Å². The number of rotatable bonds is 4. The van der Waals surface area contributed by atoms with E-state index in [1.54, 1.807) is 6.07 Å². The Morgan fingerprint density at radius 3 is 2.95 bits per heavy atom. The van der Waals surface area contributed by atoms with Gasteiger partial charge in [-0.2, -0.15) is 5.10 Å². The predicted octanol–water partition coefficient (Wildman–Crippen LogP) is 0.879. The summed E-state index contributed by atoms with van der Waals surface area (Å²) in [6.45, 7) is 1.86. The Bertz CT molecular complexity index is 660. The molecule has 0 spiro atoms. The fourth-order valence-corrected chi connectivity index (χ4v) is 1.74. The summed E-state index contributed by atoms with van der Waals surface area (Å²) in [5.74, 6) is 0.355. The number of nitro benzene ring substituents is 1. The van der Waals surface area contributed by atoms with E-state index in [-0.39, 0.29) is 5.69 Å². The summed E-state index contributed by atoms with van der Waals surface area (Å²) in [6, 6.07) is 5.35. The van der Waals surface area contributed by atoms with Crippen molar-refractivity contribution in [2.45, 2.75) is 19.4 Å². The lowest BCUT2D eigenvalue weighted by atomic mass is 10.2. The van der Waals surface area contributed by atoms with Crippen LogP contribution in [-0.2, 0) is 0 Å². The second-order valence-corrected chi connectivity index (χ2v) is 4.01. The molecule has 1 unspecified atom stereocenters. The second kappa shape index (κ2) is 5.02. The first-order chi connectivity index (χ1) is 9.04. The summed E-state index contributed by atoms with van der Waals surface area (Å²) in [5.41, 5.74) is 5.67. The molecule has 0 saturated heterocycles. The van der Waals surface area contributed by atoms with Crippen molar-refractivity contribution in [1.82, 2.24) is 14.8 Å². The van der Waals surface area contributed by atoms with Gasteiger partial charge in [0.05, 0.1) is 16.7 Å². The van der Waals surface area contributed by atoms with Gasteiger partial charge in [0.1, 0.15) is 0 Å². The molecular weight excluding hydrogens is 250 g/mol. The molecule has 1 heterocycles. The van der Waals surface area contributed by atoms with Crippen LogP contribution in [0.1, 0.15) is 25.2 Å². The van der Waals surface area contributed by atoms with Crippen LogP contribution in [0.15, 0.2) is 29.1 Å². The Morgan fingerprint density at radius 1 is 1.58 bits per heavy atom. The van der Waals surface area contributed by atoms with Gasteiger partial charge in [-0.3, -0.25) is 10.1 Å². The third-order valence-electron chi connectivity index (χ3n) is 2.77. The molecule has 100 valence electrons. The van der Waals surface area contributed by atoms with E-state index in [1.165, 1.54) is 22.8 Å². The van der Waals surface area contributed by atoms with Crippen molar-refractivity contribution in [2.24, 2.45) is 5.73 Å². The third kappa shape index (κ3) is 2.38. The van der Waals surface area contributed by atoms with Crippen LogP contribution in [0.2, 0.25) is 0 Å². The Morgan fingerprint density at radius 2 is 2.32 bits per heavy atom. The summed E-state index contributed by atoms with van der Waals surface area (Å²) >= 11 is 0. The molecule has 0 amide bonds. The number of nitro groups is 1. The molecule has 8 nitrogen and oxygen atoms in total. The van der Waals surface area contributed by atoms with Gasteiger partial charge in [-0.15, -0.1) is 0 Å². The summed E-state index contributed by atoms with van der Waals surface area (Å²) in [6.07, 6.45) is 0.596. The van der Waals surface area contributed by atoms with Gasteiger partial charge in [0.25, 0.3) is 5.69 Å². The Balaban J connectivity index is 2.58. The van der Waals surface area contributed by atoms with Crippen LogP contribution in [0.3, 0.4) is 0 Å². The minimum atomic E-state index is -0.520. The van der Waals surface area contributed by atoms with Gasteiger partial charge in [0.2, 0.25) is 0 Å². The molecule has 0 aliphatic carbocycles. The number of benzene rings is 1. The zero-order valence-electron chi connectivity index (χ0n) is 10.2. The van der Waals surface area contributed by atoms with E-state index >= 15 is 0 Å². The number of H-pyrrole nitrogens is 1. The molecule has 1 aromatic heterocycles. The van der Waals surface area contributed by atoms with Gasteiger partial charge in [0, 0.05) is 12.1 Å². The summed E-state index contributed by atoms with van der Waals surface area (Å²) < 4.78 is 1.25. The number of aromatic nitrogens is 3. The molecule has 19 heavy (non-hydrogen) atoms. The smallest absolute Gasteiger partial charge is 0.321 e. The fraction of sp³-hybridized carbons (Fsp3) is 0.273. The minimum absolute atomic E-state index is 0.0957. The molecule has 1 atom stereocenters. The molecule has 0 bridgehead atoms. The van der Waals surface area contributed by atoms with E-state index in [0.29, 0.717) is 17.9 Å². The molecule has 0 fully saturated rings. The maximum atomic E-state index is 11.8. The van der Waals surface area contributed by atoms with Gasteiger partial charge in [-0.05, 0) is 12.5 Å². The summed E-state index contributed by atoms with van der Waals surface area (Å²) in [4.78, 5) is 22.0. The summed E-state index contributed by atoms with van der Waals surface area (Å²) in [7, 11) is 0. The van der Waals surface area contributed by atoms with Crippen LogP contribution >= 0.6 is 0 Å². The molecular formula is C11H13N5O3. The average Bonchev–Trinajstić information content (AvgIpc) is 2.80. The lowest BCUT2D eigenvalue weighted by Crippen LogP contribution is -2.21. The van der Waals surface area contributed by atoms with E-state index in [2.05, 4.69) is 10.2 Å². The molecule has 3 N–H and O–H groups in total. The SMILES string of the molecule is CCC(N)c1n[nH]c(=O)n1-c1cccc([N+](=O)[O-])c1. The van der Waals surface area contributed by atoms with Gasteiger partial charge in [0.15, 0.2) is 5.82 Å². The van der Waals surface area contributed by atoms with Crippen molar-refractivity contribution in [3.63, 3.8) is 0 Å². The lowest BCUT2D eigenvalue weighted by molar-refractivity contribution is -0.384. The Hall–Kier alpha value is -2.48. The summed E-state index contributed by atoms with van der Waals surface area (Å²) in [5, 5.41) is 16.9. The molecule has 1 aromatic carbocycles. The number of nitrogens with zero attached hydrogens (tertiary/aromatic N) is 3. The van der Waals surface area contributed by atoms with E-state index in [1.807, 2.05) is 6.92 Å². The van der Waals surface area contributed by atoms with Crippen LogP contribution in [0.25, 0.3) is 5.69 Å². The number of hydrogen-bond acceptors (Lipinski definition) is 5. The molecule has 2 rings (SSSR count). The minimum Gasteiger partial charge on any atom is -0.321 e. The largest absolute Gasteiger partial charge is 0.347 e. The van der Waals surface area contributed by atoms with E-state index in [0.717, 1.165) is 0 Å². The first-order valence-corrected chi connectivity index (χ1v) is 5.72. The van der Waals surface area contributed by atoms with Crippen molar-refractivity contribution < 1.29 is 4.92 Å². The van der Waals surface area contributed by atoms with Crippen molar-refractivity contribution in [3.8, 4) is 5.69 Å². The van der Waals surface area contributed by atoms with Crippen LogP contribution in [0.5, 0.6) is 0 Å². The van der Waals surface area contributed by atoms with Crippen molar-refractivity contribution in [2.75, 3.05) is 0 Å². The zero-order valence-corrected chi connectivity index (χ0v) is 10.2. The molecule has 0 aliphatic rings. The topological polar surface area (TPSA) is 120 Å². The van der Waals surface area contributed by atoms with E-state index < -0.39 is 16.7 Å². The van der Waals surface area contributed by atoms with Crippen LogP contribution in [0, 0.1) is 10.1 Å².